The fourth-order valence-electron chi connectivity index (χ4n) is 0.841. The minimum Gasteiger partial charge on any atom is -0.440 e. The van der Waals surface area contributed by atoms with Crippen LogP contribution >= 0.6 is 11.6 Å². The highest BCUT2D eigenvalue weighted by atomic mass is 35.5. The van der Waals surface area contributed by atoms with Crippen molar-refractivity contribution in [2.75, 3.05) is 19.8 Å². The van der Waals surface area contributed by atoms with Gasteiger partial charge in [0.05, 0.1) is 10.7 Å². The maximum Gasteiger partial charge on any atom is 0.188 e. The number of rotatable bonds is 3. The van der Waals surface area contributed by atoms with Crippen molar-refractivity contribution in [2.45, 2.75) is 0 Å². The van der Waals surface area contributed by atoms with Gasteiger partial charge in [-0.25, -0.2) is 4.39 Å². The molecule has 0 unspecified atom stereocenters. The Kier molecular flexibility index (Phi) is 3.42. The minimum absolute atomic E-state index is 0.0130. The van der Waals surface area contributed by atoms with Crippen LogP contribution in [0.4, 0.5) is 10.1 Å². The van der Waals surface area contributed by atoms with Crippen LogP contribution < -0.4 is 10.5 Å². The number of benzene rings is 1. The molecule has 3 nitrogen and oxygen atoms in total. The zero-order chi connectivity index (χ0) is 11.6. The predicted molar refractivity (Wildman–Crippen MR) is 59.3 cm³/mol. The Morgan fingerprint density at radius 2 is 2.13 bits per heavy atom. The summed E-state index contributed by atoms with van der Waals surface area (Å²) in [5, 5.41) is 0.157. The molecule has 5 heteroatoms. The van der Waals surface area contributed by atoms with Gasteiger partial charge in [0.25, 0.3) is 0 Å². The third-order valence-corrected chi connectivity index (χ3v) is 2.07. The molecule has 82 valence electrons. The topological polar surface area (TPSA) is 38.5 Å². The Balaban J connectivity index is 2.96. The number of nitrogens with zero attached hydrogens (tertiary/aromatic N) is 1. The summed E-state index contributed by atoms with van der Waals surface area (Å²) < 4.78 is 18.3. The molecule has 0 aliphatic heterocycles. The first-order valence-corrected chi connectivity index (χ1v) is 4.58. The lowest BCUT2D eigenvalue weighted by Gasteiger charge is -2.17. The zero-order valence-electron chi connectivity index (χ0n) is 8.55. The molecule has 0 bridgehead atoms. The smallest absolute Gasteiger partial charge is 0.188 e. The Bertz CT molecular complexity index is 393. The van der Waals surface area contributed by atoms with Gasteiger partial charge in [0.2, 0.25) is 0 Å². The van der Waals surface area contributed by atoms with Gasteiger partial charge >= 0.3 is 0 Å². The minimum atomic E-state index is -0.567. The van der Waals surface area contributed by atoms with E-state index in [0.717, 1.165) is 6.07 Å². The summed E-state index contributed by atoms with van der Waals surface area (Å²) in [6.07, 6.45) is 0. The van der Waals surface area contributed by atoms with Crippen molar-refractivity contribution in [1.29, 1.82) is 0 Å². The van der Waals surface area contributed by atoms with Crippen LogP contribution in [0, 0.1) is 5.82 Å². The molecule has 0 aromatic heterocycles. The second-order valence-electron chi connectivity index (χ2n) is 3.19. The number of anilines is 1. The second kappa shape index (κ2) is 4.40. The van der Waals surface area contributed by atoms with Crippen molar-refractivity contribution in [3.05, 3.63) is 35.4 Å². The molecule has 1 aromatic rings. The van der Waals surface area contributed by atoms with Crippen LogP contribution in [0.3, 0.4) is 0 Å². The van der Waals surface area contributed by atoms with E-state index in [9.17, 15) is 4.39 Å². The fourth-order valence-corrected chi connectivity index (χ4v) is 1.03. The standard InChI is InChI=1S/C10H12ClFN2O/c1-6(14(2)3)15-10-5-9(13)8(12)4-7(10)11/h4-5H,1,13H2,2-3H3. The van der Waals surface area contributed by atoms with Crippen molar-refractivity contribution >= 4 is 17.3 Å². The number of nitrogen functional groups attached to an aromatic ring is 1. The van der Waals surface area contributed by atoms with Gasteiger partial charge in [-0.3, -0.25) is 0 Å². The molecule has 0 heterocycles. The Hall–Kier alpha value is -1.42. The summed E-state index contributed by atoms with van der Waals surface area (Å²) >= 11 is 5.77. The molecule has 15 heavy (non-hydrogen) atoms. The van der Waals surface area contributed by atoms with Crippen molar-refractivity contribution in [2.24, 2.45) is 0 Å². The normalized spacial score (nSPS) is 9.87. The van der Waals surface area contributed by atoms with Crippen molar-refractivity contribution in [3.8, 4) is 5.75 Å². The Labute approximate surface area is 92.9 Å². The van der Waals surface area contributed by atoms with Crippen LogP contribution in [-0.2, 0) is 0 Å². The summed E-state index contributed by atoms with van der Waals surface area (Å²) in [5.41, 5.74) is 5.37. The SMILES string of the molecule is C=C(Oc1cc(N)c(F)cc1Cl)N(C)C. The molecular formula is C10H12ClFN2O. The van der Waals surface area contributed by atoms with E-state index in [1.807, 2.05) is 0 Å². The van der Waals surface area contributed by atoms with Crippen molar-refractivity contribution < 1.29 is 9.13 Å². The van der Waals surface area contributed by atoms with Gasteiger partial charge in [0.1, 0.15) is 11.6 Å². The van der Waals surface area contributed by atoms with Crippen molar-refractivity contribution in [3.63, 3.8) is 0 Å². The molecule has 0 aliphatic carbocycles. The number of hydrogen-bond donors (Lipinski definition) is 1. The molecule has 0 aliphatic rings. The second-order valence-corrected chi connectivity index (χ2v) is 3.60. The van der Waals surface area contributed by atoms with E-state index in [2.05, 4.69) is 6.58 Å². The third-order valence-electron chi connectivity index (χ3n) is 1.78. The van der Waals surface area contributed by atoms with Crippen LogP contribution in [0.5, 0.6) is 5.75 Å². The van der Waals surface area contributed by atoms with Gasteiger partial charge in [0, 0.05) is 20.2 Å². The maximum absolute atomic E-state index is 13.0. The highest BCUT2D eigenvalue weighted by Crippen LogP contribution is 2.30. The molecule has 1 rings (SSSR count). The molecule has 2 N–H and O–H groups in total. The molecule has 0 radical (unpaired) electrons. The lowest BCUT2D eigenvalue weighted by atomic mass is 10.3. The average Bonchev–Trinajstić information content (AvgIpc) is 2.13. The summed E-state index contributed by atoms with van der Waals surface area (Å²) in [6.45, 7) is 3.65. The first-order valence-electron chi connectivity index (χ1n) is 4.20. The van der Waals surface area contributed by atoms with E-state index in [1.54, 1.807) is 19.0 Å². The van der Waals surface area contributed by atoms with Crippen molar-refractivity contribution in [1.82, 2.24) is 4.90 Å². The van der Waals surface area contributed by atoms with Crippen LogP contribution in [0.15, 0.2) is 24.6 Å². The number of hydrogen-bond acceptors (Lipinski definition) is 3. The molecule has 0 fully saturated rings. The lowest BCUT2D eigenvalue weighted by molar-refractivity contribution is 0.284. The average molecular weight is 231 g/mol. The van der Waals surface area contributed by atoms with Crippen LogP contribution in [-0.4, -0.2) is 19.0 Å². The van der Waals surface area contributed by atoms with Gasteiger partial charge in [-0.15, -0.1) is 0 Å². The summed E-state index contributed by atoms with van der Waals surface area (Å²) in [6, 6.07) is 2.43. The number of halogens is 2. The molecule has 0 atom stereocenters. The van der Waals surface area contributed by atoms with Gasteiger partial charge in [-0.2, -0.15) is 0 Å². The maximum atomic E-state index is 13.0. The molecule has 0 saturated heterocycles. The Morgan fingerprint density at radius 1 is 1.53 bits per heavy atom. The largest absolute Gasteiger partial charge is 0.440 e. The van der Waals surface area contributed by atoms with Crippen LogP contribution in [0.2, 0.25) is 5.02 Å². The zero-order valence-corrected chi connectivity index (χ0v) is 9.31. The quantitative estimate of drug-likeness (QED) is 0.641. The van der Waals surface area contributed by atoms with E-state index < -0.39 is 5.82 Å². The molecule has 0 amide bonds. The highest BCUT2D eigenvalue weighted by Gasteiger charge is 2.09. The van der Waals surface area contributed by atoms with E-state index in [0.29, 0.717) is 5.88 Å². The van der Waals surface area contributed by atoms with Crippen LogP contribution in [0.1, 0.15) is 0 Å². The first kappa shape index (κ1) is 11.7. The van der Waals surface area contributed by atoms with Gasteiger partial charge < -0.3 is 15.4 Å². The predicted octanol–water partition coefficient (Wildman–Crippen LogP) is 2.47. The highest BCUT2D eigenvalue weighted by molar-refractivity contribution is 6.32. The summed E-state index contributed by atoms with van der Waals surface area (Å²) in [4.78, 5) is 1.66. The lowest BCUT2D eigenvalue weighted by Crippen LogP contribution is -2.15. The molecule has 0 spiro atoms. The Morgan fingerprint density at radius 3 is 2.67 bits per heavy atom. The van der Waals surface area contributed by atoms with Gasteiger partial charge in [-0.05, 0) is 12.6 Å². The van der Waals surface area contributed by atoms with E-state index >= 15 is 0 Å². The van der Waals surface area contributed by atoms with E-state index in [-0.39, 0.29) is 16.5 Å². The third kappa shape index (κ3) is 2.76. The molecular weight excluding hydrogens is 219 g/mol. The number of nitrogens with two attached hydrogens (primary N) is 1. The molecule has 1 aromatic carbocycles. The van der Waals surface area contributed by atoms with Crippen LogP contribution in [0.25, 0.3) is 0 Å². The van der Waals surface area contributed by atoms with Gasteiger partial charge in [-0.1, -0.05) is 11.6 Å². The number of ether oxygens (including phenoxy) is 1. The first-order chi connectivity index (χ1) is 6.91. The van der Waals surface area contributed by atoms with Gasteiger partial charge in [0.15, 0.2) is 5.88 Å². The van der Waals surface area contributed by atoms with E-state index in [1.165, 1.54) is 6.07 Å². The monoisotopic (exact) mass is 230 g/mol. The summed E-state index contributed by atoms with van der Waals surface area (Å²) in [7, 11) is 3.53. The fraction of sp³-hybridized carbons (Fsp3) is 0.200. The van der Waals surface area contributed by atoms with E-state index in [4.69, 9.17) is 22.1 Å². The summed E-state index contributed by atoms with van der Waals surface area (Å²) in [5.74, 6) is 0.111. The molecule has 0 saturated carbocycles.